The summed E-state index contributed by atoms with van der Waals surface area (Å²) in [7, 11) is -1.02. The molecule has 25 heavy (non-hydrogen) atoms. The van der Waals surface area contributed by atoms with Crippen molar-refractivity contribution in [3.63, 3.8) is 0 Å². The van der Waals surface area contributed by atoms with Crippen LogP contribution in [0, 0.1) is 0 Å². The summed E-state index contributed by atoms with van der Waals surface area (Å²) in [5, 5.41) is 0. The highest BCUT2D eigenvalue weighted by Gasteiger charge is 2.23. The second-order valence-electron chi connectivity index (χ2n) is 5.32. The minimum Gasteiger partial charge on any atom is -0.494 e. The van der Waals surface area contributed by atoms with Crippen LogP contribution in [0.25, 0.3) is 0 Å². The summed E-state index contributed by atoms with van der Waals surface area (Å²) in [5.41, 5.74) is 0.950. The van der Waals surface area contributed by atoms with Gasteiger partial charge in [-0.05, 0) is 31.2 Å². The molecule has 134 valence electrons. The minimum atomic E-state index is -3.76. The minimum absolute atomic E-state index is 0.0341. The number of carbonyl (C=O) groups is 1. The first-order valence-electron chi connectivity index (χ1n) is 7.75. The van der Waals surface area contributed by atoms with Crippen molar-refractivity contribution in [3.8, 4) is 5.75 Å². The molecule has 0 aromatic heterocycles. The second-order valence-corrected chi connectivity index (χ2v) is 7.37. The molecule has 0 N–H and O–H groups in total. The van der Waals surface area contributed by atoms with Crippen molar-refractivity contribution in [2.75, 3.05) is 20.8 Å². The van der Waals surface area contributed by atoms with Gasteiger partial charge in [0, 0.05) is 19.2 Å². The van der Waals surface area contributed by atoms with Crippen LogP contribution < -0.4 is 4.74 Å². The van der Waals surface area contributed by atoms with Crippen LogP contribution in [0.4, 0.5) is 0 Å². The topological polar surface area (TPSA) is 72.9 Å². The molecule has 0 radical (unpaired) electrons. The first-order chi connectivity index (χ1) is 11.9. The van der Waals surface area contributed by atoms with Gasteiger partial charge in [0.05, 0.1) is 24.2 Å². The lowest BCUT2D eigenvalue weighted by Gasteiger charge is -2.19. The number of methoxy groups -OCH3 is 1. The number of rotatable bonds is 7. The van der Waals surface area contributed by atoms with Gasteiger partial charge in [0.2, 0.25) is 10.0 Å². The first-order valence-corrected chi connectivity index (χ1v) is 9.19. The van der Waals surface area contributed by atoms with E-state index < -0.39 is 16.0 Å². The largest absolute Gasteiger partial charge is 0.494 e. The van der Waals surface area contributed by atoms with E-state index in [2.05, 4.69) is 4.74 Å². The molecule has 2 aromatic carbocycles. The van der Waals surface area contributed by atoms with Gasteiger partial charge in [-0.3, -0.25) is 0 Å². The fourth-order valence-corrected chi connectivity index (χ4v) is 3.53. The number of ether oxygens (including phenoxy) is 2. The molecule has 6 nitrogen and oxygen atoms in total. The van der Waals surface area contributed by atoms with Crippen LogP contribution in [0.3, 0.4) is 0 Å². The molecular weight excluding hydrogens is 342 g/mol. The predicted octanol–water partition coefficient (Wildman–Crippen LogP) is 2.69. The molecule has 0 aliphatic heterocycles. The number of hydrogen-bond acceptors (Lipinski definition) is 5. The summed E-state index contributed by atoms with van der Waals surface area (Å²) in [6.45, 7) is 2.52. The molecule has 0 bridgehead atoms. The van der Waals surface area contributed by atoms with Gasteiger partial charge in [0.1, 0.15) is 5.75 Å². The van der Waals surface area contributed by atoms with E-state index in [1.807, 2.05) is 25.1 Å². The summed E-state index contributed by atoms with van der Waals surface area (Å²) >= 11 is 0. The lowest BCUT2D eigenvalue weighted by atomic mass is 10.2. The standard InChI is InChI=1S/C18H21NO5S/c1-4-24-17-11-6-5-8-15(17)13-19(2)25(21,22)16-10-7-9-14(12-16)18(20)23-3/h5-12H,4,13H2,1-3H3. The molecule has 0 amide bonds. The quantitative estimate of drug-likeness (QED) is 0.707. The number of hydrogen-bond donors (Lipinski definition) is 0. The van der Waals surface area contributed by atoms with Gasteiger partial charge in [-0.2, -0.15) is 4.31 Å². The van der Waals surface area contributed by atoms with E-state index in [4.69, 9.17) is 4.74 Å². The highest BCUT2D eigenvalue weighted by molar-refractivity contribution is 7.89. The molecule has 0 aliphatic carbocycles. The molecule has 0 fully saturated rings. The lowest BCUT2D eigenvalue weighted by molar-refractivity contribution is 0.0600. The molecule has 0 atom stereocenters. The Bertz CT molecular complexity index is 848. The summed E-state index contributed by atoms with van der Waals surface area (Å²) in [4.78, 5) is 11.7. The van der Waals surface area contributed by atoms with Crippen molar-refractivity contribution in [3.05, 3.63) is 59.7 Å². The van der Waals surface area contributed by atoms with E-state index in [0.29, 0.717) is 12.4 Å². The molecule has 2 rings (SSSR count). The van der Waals surface area contributed by atoms with Crippen LogP contribution in [0.1, 0.15) is 22.8 Å². The average molecular weight is 363 g/mol. The van der Waals surface area contributed by atoms with Gasteiger partial charge in [0.15, 0.2) is 0 Å². The normalized spacial score (nSPS) is 11.4. The second kappa shape index (κ2) is 8.13. The zero-order chi connectivity index (χ0) is 18.4. The van der Waals surface area contributed by atoms with E-state index in [0.717, 1.165) is 5.56 Å². The van der Waals surface area contributed by atoms with Crippen molar-refractivity contribution in [1.82, 2.24) is 4.31 Å². The van der Waals surface area contributed by atoms with E-state index in [-0.39, 0.29) is 17.0 Å². The number of benzene rings is 2. The SMILES string of the molecule is CCOc1ccccc1CN(C)S(=O)(=O)c1cccc(C(=O)OC)c1. The Morgan fingerprint density at radius 3 is 2.52 bits per heavy atom. The first kappa shape index (κ1) is 19.0. The Kier molecular flexibility index (Phi) is 6.17. The summed E-state index contributed by atoms with van der Waals surface area (Å²) in [5.74, 6) is 0.0664. The molecule has 0 spiro atoms. The fraction of sp³-hybridized carbons (Fsp3) is 0.278. The molecule has 2 aromatic rings. The van der Waals surface area contributed by atoms with Crippen molar-refractivity contribution < 1.29 is 22.7 Å². The highest BCUT2D eigenvalue weighted by Crippen LogP contribution is 2.23. The molecule has 0 unspecified atom stereocenters. The number of sulfonamides is 1. The third-order valence-electron chi connectivity index (χ3n) is 3.63. The van der Waals surface area contributed by atoms with Crippen molar-refractivity contribution >= 4 is 16.0 Å². The molecular formula is C18H21NO5S. The van der Waals surface area contributed by atoms with Gasteiger partial charge < -0.3 is 9.47 Å². The van der Waals surface area contributed by atoms with Crippen LogP contribution in [0.15, 0.2) is 53.4 Å². The van der Waals surface area contributed by atoms with Crippen LogP contribution in [-0.4, -0.2) is 39.5 Å². The van der Waals surface area contributed by atoms with Crippen LogP contribution in [0.2, 0.25) is 0 Å². The van der Waals surface area contributed by atoms with Gasteiger partial charge in [-0.15, -0.1) is 0 Å². The van der Waals surface area contributed by atoms with Gasteiger partial charge in [-0.1, -0.05) is 24.3 Å². The number of carbonyl (C=O) groups excluding carboxylic acids is 1. The maximum absolute atomic E-state index is 12.8. The van der Waals surface area contributed by atoms with Gasteiger partial charge in [0.25, 0.3) is 0 Å². The van der Waals surface area contributed by atoms with Gasteiger partial charge in [-0.25, -0.2) is 13.2 Å². The summed E-state index contributed by atoms with van der Waals surface area (Å²) < 4.78 is 37.0. The third kappa shape index (κ3) is 4.37. The third-order valence-corrected chi connectivity index (χ3v) is 5.43. The molecule has 7 heteroatoms. The van der Waals surface area contributed by atoms with Crippen LogP contribution in [0.5, 0.6) is 5.75 Å². The Morgan fingerprint density at radius 1 is 1.12 bits per heavy atom. The maximum atomic E-state index is 12.8. The van der Waals surface area contributed by atoms with Crippen LogP contribution in [-0.2, 0) is 21.3 Å². The zero-order valence-corrected chi connectivity index (χ0v) is 15.2. The molecule has 0 saturated heterocycles. The summed E-state index contributed by atoms with van der Waals surface area (Å²) in [6.07, 6.45) is 0. The van der Waals surface area contributed by atoms with Gasteiger partial charge >= 0.3 is 5.97 Å². The number of esters is 1. The fourth-order valence-electron chi connectivity index (χ4n) is 2.34. The van der Waals surface area contributed by atoms with E-state index in [9.17, 15) is 13.2 Å². The summed E-state index contributed by atoms with van der Waals surface area (Å²) in [6, 6.07) is 13.1. The predicted molar refractivity (Wildman–Crippen MR) is 94.0 cm³/mol. The van der Waals surface area contributed by atoms with Crippen molar-refractivity contribution in [1.29, 1.82) is 0 Å². The monoisotopic (exact) mass is 363 g/mol. The lowest BCUT2D eigenvalue weighted by Crippen LogP contribution is -2.27. The maximum Gasteiger partial charge on any atom is 0.337 e. The highest BCUT2D eigenvalue weighted by atomic mass is 32.2. The smallest absolute Gasteiger partial charge is 0.337 e. The Balaban J connectivity index is 2.29. The van der Waals surface area contributed by atoms with E-state index in [1.54, 1.807) is 6.07 Å². The Labute approximate surface area is 148 Å². The van der Waals surface area contributed by atoms with Crippen molar-refractivity contribution in [2.45, 2.75) is 18.4 Å². The van der Waals surface area contributed by atoms with E-state index in [1.165, 1.54) is 42.7 Å². The number of nitrogens with zero attached hydrogens (tertiary/aromatic N) is 1. The molecule has 0 aliphatic rings. The van der Waals surface area contributed by atoms with E-state index >= 15 is 0 Å². The Morgan fingerprint density at radius 2 is 1.84 bits per heavy atom. The zero-order valence-electron chi connectivity index (χ0n) is 14.4. The molecule has 0 saturated carbocycles. The average Bonchev–Trinajstić information content (AvgIpc) is 2.63. The number of para-hydroxylation sites is 1. The van der Waals surface area contributed by atoms with Crippen molar-refractivity contribution in [2.24, 2.45) is 0 Å². The molecule has 0 heterocycles. The Hall–Kier alpha value is -2.38. The van der Waals surface area contributed by atoms with Crippen LogP contribution >= 0.6 is 0 Å².